The monoisotopic (exact) mass is 428 g/mol. The van der Waals surface area contributed by atoms with Crippen LogP contribution in [0.15, 0.2) is 18.3 Å². The summed E-state index contributed by atoms with van der Waals surface area (Å²) in [5.41, 5.74) is 3.07. The number of aryl methyl sites for hydroxylation is 1. The number of fused-ring (bicyclic) bond motifs is 1. The Bertz CT molecular complexity index is 950. The van der Waals surface area contributed by atoms with Crippen molar-refractivity contribution in [2.75, 3.05) is 31.6 Å². The molecule has 1 N–H and O–H groups in total. The topological polar surface area (TPSA) is 74.8 Å². The van der Waals surface area contributed by atoms with Crippen molar-refractivity contribution in [3.8, 4) is 16.2 Å². The molecule has 1 fully saturated rings. The molecule has 3 amide bonds. The maximum atomic E-state index is 13.1. The summed E-state index contributed by atoms with van der Waals surface area (Å²) in [5.74, 6) is 1.42. The van der Waals surface area contributed by atoms with Gasteiger partial charge in [-0.05, 0) is 48.9 Å². The first-order valence-corrected chi connectivity index (χ1v) is 11.3. The molecule has 4 rings (SSSR count). The number of likely N-dealkylation sites (tertiary alicyclic amines) is 1. The molecule has 1 saturated heterocycles. The average Bonchev–Trinajstić information content (AvgIpc) is 3.05. The van der Waals surface area contributed by atoms with Crippen LogP contribution in [0.2, 0.25) is 0 Å². The van der Waals surface area contributed by atoms with Gasteiger partial charge in [0, 0.05) is 31.8 Å². The van der Waals surface area contributed by atoms with Crippen molar-refractivity contribution in [1.29, 1.82) is 0 Å². The van der Waals surface area contributed by atoms with Crippen molar-refractivity contribution in [2.45, 2.75) is 40.2 Å². The lowest BCUT2D eigenvalue weighted by molar-refractivity contribution is -0.114. The zero-order valence-electron chi connectivity index (χ0n) is 17.7. The zero-order valence-corrected chi connectivity index (χ0v) is 18.6. The number of thiazole rings is 1. The van der Waals surface area contributed by atoms with Gasteiger partial charge in [-0.3, -0.25) is 4.79 Å². The predicted molar refractivity (Wildman–Crippen MR) is 118 cm³/mol. The Morgan fingerprint density at radius 1 is 1.20 bits per heavy atom. The SMILES string of the molecule is CC(=O)Nc1ncc(-c2cc(C)c3c(c2)CN(C(=O)N2CCC(C)CC2)CCO3)s1. The molecule has 3 heterocycles. The van der Waals surface area contributed by atoms with E-state index in [-0.39, 0.29) is 11.9 Å². The van der Waals surface area contributed by atoms with Crippen LogP contribution in [0.5, 0.6) is 5.75 Å². The quantitative estimate of drug-likeness (QED) is 0.781. The Hall–Kier alpha value is -2.61. The highest BCUT2D eigenvalue weighted by molar-refractivity contribution is 7.19. The molecule has 0 aliphatic carbocycles. The number of rotatable bonds is 2. The molecule has 7 nitrogen and oxygen atoms in total. The third kappa shape index (κ3) is 4.43. The van der Waals surface area contributed by atoms with Gasteiger partial charge in [-0.25, -0.2) is 9.78 Å². The number of amides is 3. The largest absolute Gasteiger partial charge is 0.491 e. The summed E-state index contributed by atoms with van der Waals surface area (Å²) in [5, 5.41) is 3.31. The van der Waals surface area contributed by atoms with Crippen LogP contribution in [0.1, 0.15) is 37.8 Å². The van der Waals surface area contributed by atoms with Crippen LogP contribution in [0.3, 0.4) is 0 Å². The Morgan fingerprint density at radius 3 is 2.70 bits per heavy atom. The standard InChI is InChI=1S/C22H28N4O3S/c1-14-4-6-25(7-5-14)22(28)26-8-9-29-20-15(2)10-17(11-18(20)13-26)19-12-23-21(30-19)24-16(3)27/h10-12,14H,4-9,13H2,1-3H3,(H,23,24,27). The Labute approximate surface area is 181 Å². The van der Waals surface area contributed by atoms with Crippen molar-refractivity contribution >= 4 is 28.4 Å². The second-order valence-corrected chi connectivity index (χ2v) is 9.25. The minimum absolute atomic E-state index is 0.104. The van der Waals surface area contributed by atoms with Crippen molar-refractivity contribution in [1.82, 2.24) is 14.8 Å². The Kier molecular flexibility index (Phi) is 5.94. The number of nitrogens with zero attached hydrogens (tertiary/aromatic N) is 3. The summed E-state index contributed by atoms with van der Waals surface area (Å²) >= 11 is 1.44. The van der Waals surface area contributed by atoms with Gasteiger partial charge in [0.25, 0.3) is 0 Å². The summed E-state index contributed by atoms with van der Waals surface area (Å²) in [7, 11) is 0. The van der Waals surface area contributed by atoms with Crippen molar-refractivity contribution in [3.63, 3.8) is 0 Å². The number of aromatic nitrogens is 1. The summed E-state index contributed by atoms with van der Waals surface area (Å²) in [4.78, 5) is 33.5. The van der Waals surface area contributed by atoms with Gasteiger partial charge in [0.2, 0.25) is 5.91 Å². The molecule has 2 aliphatic heterocycles. The predicted octanol–water partition coefficient (Wildman–Crippen LogP) is 4.12. The van der Waals surface area contributed by atoms with E-state index >= 15 is 0 Å². The van der Waals surface area contributed by atoms with Gasteiger partial charge in [0.05, 0.1) is 18.0 Å². The molecule has 160 valence electrons. The summed E-state index contributed by atoms with van der Waals surface area (Å²) < 4.78 is 6.03. The van der Waals surface area contributed by atoms with Crippen molar-refractivity contribution in [3.05, 3.63) is 29.5 Å². The minimum Gasteiger partial charge on any atom is -0.491 e. The Morgan fingerprint density at radius 2 is 1.97 bits per heavy atom. The third-order valence-electron chi connectivity index (χ3n) is 5.72. The average molecular weight is 429 g/mol. The molecular weight excluding hydrogens is 400 g/mol. The van der Waals surface area contributed by atoms with Crippen molar-refractivity contribution in [2.24, 2.45) is 5.92 Å². The first kappa shape index (κ1) is 20.7. The van der Waals surface area contributed by atoms with E-state index in [0.717, 1.165) is 53.2 Å². The number of carbonyl (C=O) groups is 2. The number of hydrogen-bond acceptors (Lipinski definition) is 5. The summed E-state index contributed by atoms with van der Waals surface area (Å²) in [6, 6.07) is 4.26. The highest BCUT2D eigenvalue weighted by Crippen LogP contribution is 2.36. The molecule has 0 spiro atoms. The van der Waals surface area contributed by atoms with Gasteiger partial charge in [-0.15, -0.1) is 0 Å². The van der Waals surface area contributed by atoms with Gasteiger partial charge in [-0.2, -0.15) is 0 Å². The van der Waals surface area contributed by atoms with Gasteiger partial charge in [0.1, 0.15) is 12.4 Å². The van der Waals surface area contributed by atoms with E-state index in [1.165, 1.54) is 18.3 Å². The number of urea groups is 1. The lowest BCUT2D eigenvalue weighted by Crippen LogP contribution is -2.46. The van der Waals surface area contributed by atoms with E-state index < -0.39 is 0 Å². The van der Waals surface area contributed by atoms with E-state index in [0.29, 0.717) is 30.7 Å². The molecule has 0 unspecified atom stereocenters. The van der Waals surface area contributed by atoms with Gasteiger partial charge in [0.15, 0.2) is 5.13 Å². The van der Waals surface area contributed by atoms with Crippen molar-refractivity contribution < 1.29 is 14.3 Å². The fourth-order valence-corrected chi connectivity index (χ4v) is 4.88. The van der Waals surface area contributed by atoms with Crippen LogP contribution in [0.4, 0.5) is 9.93 Å². The molecular formula is C22H28N4O3S. The number of piperidine rings is 1. The highest BCUT2D eigenvalue weighted by atomic mass is 32.1. The zero-order chi connectivity index (χ0) is 21.3. The van der Waals surface area contributed by atoms with Crippen LogP contribution in [0, 0.1) is 12.8 Å². The fraction of sp³-hybridized carbons (Fsp3) is 0.500. The van der Waals surface area contributed by atoms with Gasteiger partial charge in [-0.1, -0.05) is 18.3 Å². The van der Waals surface area contributed by atoms with Crippen LogP contribution in [-0.2, 0) is 11.3 Å². The maximum Gasteiger partial charge on any atom is 0.320 e. The second-order valence-electron chi connectivity index (χ2n) is 8.21. The number of carbonyl (C=O) groups excluding carboxylic acids is 2. The molecule has 30 heavy (non-hydrogen) atoms. The summed E-state index contributed by atoms with van der Waals surface area (Å²) in [6.07, 6.45) is 3.91. The number of hydrogen-bond donors (Lipinski definition) is 1. The molecule has 0 saturated carbocycles. The van der Waals surface area contributed by atoms with E-state index in [9.17, 15) is 9.59 Å². The van der Waals surface area contributed by atoms with Gasteiger partial charge < -0.3 is 19.9 Å². The van der Waals surface area contributed by atoms with E-state index in [1.54, 1.807) is 6.20 Å². The smallest absolute Gasteiger partial charge is 0.320 e. The molecule has 0 radical (unpaired) electrons. The maximum absolute atomic E-state index is 13.1. The first-order valence-electron chi connectivity index (χ1n) is 10.4. The molecule has 1 aromatic carbocycles. The molecule has 1 aromatic heterocycles. The fourth-order valence-electron chi connectivity index (χ4n) is 4.03. The highest BCUT2D eigenvalue weighted by Gasteiger charge is 2.27. The first-order chi connectivity index (χ1) is 14.4. The van der Waals surface area contributed by atoms with Crippen LogP contribution in [-0.4, -0.2) is 53.0 Å². The lowest BCUT2D eigenvalue weighted by atomic mass is 9.99. The minimum atomic E-state index is -0.135. The van der Waals surface area contributed by atoms with E-state index in [4.69, 9.17) is 4.74 Å². The van der Waals surface area contributed by atoms with Crippen LogP contribution in [0.25, 0.3) is 10.4 Å². The van der Waals surface area contributed by atoms with Crippen LogP contribution >= 0.6 is 11.3 Å². The van der Waals surface area contributed by atoms with Gasteiger partial charge >= 0.3 is 6.03 Å². The molecule has 2 aromatic rings. The van der Waals surface area contributed by atoms with E-state index in [1.807, 2.05) is 16.7 Å². The number of benzene rings is 1. The third-order valence-corrected chi connectivity index (χ3v) is 6.68. The number of anilines is 1. The summed E-state index contributed by atoms with van der Waals surface area (Å²) in [6.45, 7) is 9.02. The lowest BCUT2D eigenvalue weighted by Gasteiger charge is -2.34. The normalized spacial score (nSPS) is 17.2. The molecule has 8 heteroatoms. The molecule has 0 bridgehead atoms. The molecule has 2 aliphatic rings. The van der Waals surface area contributed by atoms with Crippen LogP contribution < -0.4 is 10.1 Å². The number of ether oxygens (including phenoxy) is 1. The second kappa shape index (κ2) is 8.63. The molecule has 0 atom stereocenters. The van der Waals surface area contributed by atoms with E-state index in [2.05, 4.69) is 29.4 Å². The number of nitrogens with one attached hydrogen (secondary N) is 1. The Balaban J connectivity index is 1.57.